The molecule has 0 saturated carbocycles. The van der Waals surface area contributed by atoms with Crippen molar-refractivity contribution in [1.29, 1.82) is 0 Å². The highest BCUT2D eigenvalue weighted by Gasteiger charge is 2.21. The number of benzene rings is 1. The molecule has 0 aliphatic heterocycles. The Morgan fingerprint density at radius 2 is 1.96 bits per heavy atom. The Morgan fingerprint density at radius 1 is 1.30 bits per heavy atom. The molecule has 0 radical (unpaired) electrons. The van der Waals surface area contributed by atoms with Crippen LogP contribution in [0.4, 0.5) is 0 Å². The normalized spacial score (nSPS) is 12.0. The third-order valence-electron chi connectivity index (χ3n) is 3.90. The molecule has 2 rings (SSSR count). The fraction of sp³-hybridized carbons (Fsp3) is 0.444. The average Bonchev–Trinajstić information content (AvgIpc) is 2.86. The maximum Gasteiger partial charge on any atom is 0.227 e. The van der Waals surface area contributed by atoms with Gasteiger partial charge in [0.25, 0.3) is 0 Å². The van der Waals surface area contributed by atoms with Gasteiger partial charge in [0.2, 0.25) is 5.91 Å². The average molecular weight is 332 g/mol. The summed E-state index contributed by atoms with van der Waals surface area (Å²) in [7, 11) is 1.84. The minimum Gasteiger partial charge on any atom is -0.494 e. The lowest BCUT2D eigenvalue weighted by molar-refractivity contribution is -0.131. The van der Waals surface area contributed by atoms with Crippen molar-refractivity contribution in [2.24, 2.45) is 0 Å². The summed E-state index contributed by atoms with van der Waals surface area (Å²) < 4.78 is 5.42. The van der Waals surface area contributed by atoms with Crippen LogP contribution in [0.15, 0.2) is 24.3 Å². The summed E-state index contributed by atoms with van der Waals surface area (Å²) in [6.07, 6.45) is 0.384. The summed E-state index contributed by atoms with van der Waals surface area (Å²) in [5.41, 5.74) is 1.98. The maximum absolute atomic E-state index is 12.5. The minimum absolute atomic E-state index is 0.0184. The van der Waals surface area contributed by atoms with Crippen molar-refractivity contribution < 1.29 is 9.53 Å². The Bertz CT molecular complexity index is 664. The second-order valence-electron chi connectivity index (χ2n) is 5.61. The van der Waals surface area contributed by atoms with Crippen molar-refractivity contribution in [2.45, 2.75) is 40.2 Å². The smallest absolute Gasteiger partial charge is 0.227 e. The van der Waals surface area contributed by atoms with Crippen molar-refractivity contribution in [3.63, 3.8) is 0 Å². The van der Waals surface area contributed by atoms with Crippen LogP contribution in [0.5, 0.6) is 5.75 Å². The molecule has 124 valence electrons. The number of rotatable bonds is 6. The fourth-order valence-corrected chi connectivity index (χ4v) is 3.41. The monoisotopic (exact) mass is 332 g/mol. The predicted molar refractivity (Wildman–Crippen MR) is 94.1 cm³/mol. The van der Waals surface area contributed by atoms with Gasteiger partial charge in [-0.1, -0.05) is 12.1 Å². The zero-order valence-electron chi connectivity index (χ0n) is 14.4. The largest absolute Gasteiger partial charge is 0.494 e. The molecule has 0 N–H and O–H groups in total. The number of amides is 1. The molecule has 2 aromatic rings. The molecular formula is C18H24N2O2S. The van der Waals surface area contributed by atoms with E-state index >= 15 is 0 Å². The van der Waals surface area contributed by atoms with Crippen molar-refractivity contribution in [2.75, 3.05) is 13.7 Å². The number of nitrogens with zero attached hydrogens (tertiary/aromatic N) is 2. The summed E-state index contributed by atoms with van der Waals surface area (Å²) in [6, 6.07) is 7.68. The SMILES string of the molecule is CCOc1ccc(CC(=O)N(C)[C@@H](C)c2nc(C)sc2C)cc1. The summed E-state index contributed by atoms with van der Waals surface area (Å²) in [5, 5.41) is 1.04. The van der Waals surface area contributed by atoms with Gasteiger partial charge in [-0.25, -0.2) is 4.98 Å². The predicted octanol–water partition coefficient (Wildman–Crippen LogP) is 3.92. The molecule has 1 aromatic heterocycles. The Balaban J connectivity index is 2.03. The Hall–Kier alpha value is -1.88. The molecule has 1 heterocycles. The van der Waals surface area contributed by atoms with E-state index in [0.29, 0.717) is 13.0 Å². The highest BCUT2D eigenvalue weighted by molar-refractivity contribution is 7.11. The fourth-order valence-electron chi connectivity index (χ4n) is 2.50. The lowest BCUT2D eigenvalue weighted by Crippen LogP contribution is -2.31. The first-order chi connectivity index (χ1) is 10.9. The van der Waals surface area contributed by atoms with Gasteiger partial charge in [-0.3, -0.25) is 4.79 Å². The van der Waals surface area contributed by atoms with Crippen molar-refractivity contribution in [1.82, 2.24) is 9.88 Å². The van der Waals surface area contributed by atoms with E-state index < -0.39 is 0 Å². The van der Waals surface area contributed by atoms with E-state index in [2.05, 4.69) is 11.9 Å². The molecular weight excluding hydrogens is 308 g/mol. The number of aromatic nitrogens is 1. The molecule has 0 saturated heterocycles. The van der Waals surface area contributed by atoms with E-state index in [4.69, 9.17) is 4.74 Å². The molecule has 4 nitrogen and oxygen atoms in total. The lowest BCUT2D eigenvalue weighted by atomic mass is 10.1. The summed E-state index contributed by atoms with van der Waals surface area (Å²) >= 11 is 1.67. The number of hydrogen-bond acceptors (Lipinski definition) is 4. The molecule has 0 aliphatic rings. The molecule has 0 bridgehead atoms. The van der Waals surface area contributed by atoms with Gasteiger partial charge in [0.05, 0.1) is 29.8 Å². The Morgan fingerprint density at radius 3 is 2.48 bits per heavy atom. The van der Waals surface area contributed by atoms with Crippen LogP contribution in [-0.2, 0) is 11.2 Å². The molecule has 0 spiro atoms. The Kier molecular flexibility index (Phi) is 5.77. The van der Waals surface area contributed by atoms with E-state index in [1.807, 2.05) is 52.1 Å². The van der Waals surface area contributed by atoms with Gasteiger partial charge in [0, 0.05) is 11.9 Å². The summed E-state index contributed by atoms with van der Waals surface area (Å²) in [5.74, 6) is 0.922. The lowest BCUT2D eigenvalue weighted by Gasteiger charge is -2.24. The highest BCUT2D eigenvalue weighted by Crippen LogP contribution is 2.26. The number of carbonyl (C=O) groups excluding carboxylic acids is 1. The molecule has 1 amide bonds. The number of ether oxygens (including phenoxy) is 1. The first-order valence-corrected chi connectivity index (χ1v) is 8.65. The number of likely N-dealkylation sites (N-methyl/N-ethyl adjacent to an activating group) is 1. The second kappa shape index (κ2) is 7.59. The van der Waals surface area contributed by atoms with Crippen molar-refractivity contribution in [3.8, 4) is 5.75 Å². The topological polar surface area (TPSA) is 42.4 Å². The van der Waals surface area contributed by atoms with Crippen LogP contribution >= 0.6 is 11.3 Å². The van der Waals surface area contributed by atoms with E-state index in [1.165, 1.54) is 4.88 Å². The zero-order valence-corrected chi connectivity index (χ0v) is 15.2. The van der Waals surface area contributed by atoms with Crippen molar-refractivity contribution >= 4 is 17.2 Å². The van der Waals surface area contributed by atoms with E-state index in [0.717, 1.165) is 22.0 Å². The minimum atomic E-state index is -0.0184. The number of carbonyl (C=O) groups is 1. The number of thiazole rings is 1. The van der Waals surface area contributed by atoms with Crippen LogP contribution < -0.4 is 4.74 Å². The third-order valence-corrected chi connectivity index (χ3v) is 4.80. The molecule has 1 aromatic carbocycles. The van der Waals surface area contributed by atoms with E-state index in [-0.39, 0.29) is 11.9 Å². The van der Waals surface area contributed by atoms with E-state index in [1.54, 1.807) is 16.2 Å². The highest BCUT2D eigenvalue weighted by atomic mass is 32.1. The standard InChI is InChI=1S/C18H24N2O2S/c1-6-22-16-9-7-15(8-10-16)11-17(21)20(5)12(2)18-13(3)23-14(4)19-18/h7-10,12H,6,11H2,1-5H3/t12-/m0/s1. The molecule has 0 aliphatic carbocycles. The van der Waals surface area contributed by atoms with Crippen LogP contribution in [0.3, 0.4) is 0 Å². The summed E-state index contributed by atoms with van der Waals surface area (Å²) in [6.45, 7) is 8.68. The van der Waals surface area contributed by atoms with Crippen LogP contribution in [0.2, 0.25) is 0 Å². The Labute approximate surface area is 142 Å². The second-order valence-corrected chi connectivity index (χ2v) is 7.02. The van der Waals surface area contributed by atoms with Gasteiger partial charge in [-0.2, -0.15) is 0 Å². The van der Waals surface area contributed by atoms with Gasteiger partial charge in [-0.05, 0) is 45.4 Å². The van der Waals surface area contributed by atoms with Crippen LogP contribution in [-0.4, -0.2) is 29.4 Å². The van der Waals surface area contributed by atoms with E-state index in [9.17, 15) is 4.79 Å². The maximum atomic E-state index is 12.5. The van der Waals surface area contributed by atoms with Gasteiger partial charge < -0.3 is 9.64 Å². The van der Waals surface area contributed by atoms with Gasteiger partial charge >= 0.3 is 0 Å². The van der Waals surface area contributed by atoms with Crippen LogP contribution in [0, 0.1) is 13.8 Å². The van der Waals surface area contributed by atoms with Crippen LogP contribution in [0.25, 0.3) is 0 Å². The van der Waals surface area contributed by atoms with Crippen molar-refractivity contribution in [3.05, 3.63) is 45.4 Å². The van der Waals surface area contributed by atoms with Gasteiger partial charge in [-0.15, -0.1) is 11.3 Å². The molecule has 23 heavy (non-hydrogen) atoms. The first kappa shape index (κ1) is 17.5. The van der Waals surface area contributed by atoms with Gasteiger partial charge in [0.1, 0.15) is 5.75 Å². The molecule has 0 unspecified atom stereocenters. The molecule has 5 heteroatoms. The third kappa shape index (κ3) is 4.32. The number of aryl methyl sites for hydroxylation is 2. The molecule has 1 atom stereocenters. The quantitative estimate of drug-likeness (QED) is 0.805. The molecule has 0 fully saturated rings. The van der Waals surface area contributed by atoms with Gasteiger partial charge in [0.15, 0.2) is 0 Å². The number of hydrogen-bond donors (Lipinski definition) is 0. The van der Waals surface area contributed by atoms with Crippen LogP contribution in [0.1, 0.15) is 41.0 Å². The zero-order chi connectivity index (χ0) is 17.0. The first-order valence-electron chi connectivity index (χ1n) is 7.83. The summed E-state index contributed by atoms with van der Waals surface area (Å²) in [4.78, 5) is 20.0.